The van der Waals surface area contributed by atoms with Gasteiger partial charge >= 0.3 is 0 Å². The first-order chi connectivity index (χ1) is 20.5. The number of nitrogens with zero attached hydrogens (tertiary/aromatic N) is 4. The maximum Gasteiger partial charge on any atom is 0.127 e. The topological polar surface area (TPSA) is 105 Å². The molecule has 6 rings (SSSR count). The number of benzene rings is 1. The molecule has 0 saturated heterocycles. The largest absolute Gasteiger partial charge is 0.383 e. The Labute approximate surface area is 249 Å². The smallest absolute Gasteiger partial charge is 0.127 e. The minimum absolute atomic E-state index is 0.487. The van der Waals surface area contributed by atoms with Crippen molar-refractivity contribution in [2.45, 2.75) is 26.4 Å². The fourth-order valence-corrected chi connectivity index (χ4v) is 5.56. The van der Waals surface area contributed by atoms with Gasteiger partial charge in [-0.2, -0.15) is 0 Å². The summed E-state index contributed by atoms with van der Waals surface area (Å²) in [5.74, 6) is 1.30. The lowest BCUT2D eigenvalue weighted by Crippen LogP contribution is -2.12. The van der Waals surface area contributed by atoms with Crippen LogP contribution in [0.4, 0.5) is 5.82 Å². The Morgan fingerprint density at radius 2 is 1.74 bits per heavy atom. The van der Waals surface area contributed by atoms with Crippen molar-refractivity contribution in [1.29, 1.82) is 0 Å². The van der Waals surface area contributed by atoms with Crippen LogP contribution in [0.25, 0.3) is 38.3 Å². The van der Waals surface area contributed by atoms with Gasteiger partial charge in [0.05, 0.1) is 10.4 Å². The number of H-pyrrole nitrogens is 1. The number of aromatic amines is 1. The predicted molar refractivity (Wildman–Crippen MR) is 173 cm³/mol. The molecule has 0 amide bonds. The third-order valence-corrected chi connectivity index (χ3v) is 7.95. The molecule has 0 atom stereocenters. The Kier molecular flexibility index (Phi) is 8.83. The third-order valence-electron chi connectivity index (χ3n) is 6.70. The van der Waals surface area contributed by atoms with Gasteiger partial charge in [0.2, 0.25) is 0 Å². The van der Waals surface area contributed by atoms with Gasteiger partial charge in [-0.1, -0.05) is 36.9 Å². The van der Waals surface area contributed by atoms with E-state index in [4.69, 9.17) is 10.7 Å². The first-order valence-electron chi connectivity index (χ1n) is 13.4. The molecule has 0 bridgehead atoms. The van der Waals surface area contributed by atoms with Crippen molar-refractivity contribution in [3.63, 3.8) is 0 Å². The summed E-state index contributed by atoms with van der Waals surface area (Å²) in [6, 6.07) is 20.7. The van der Waals surface area contributed by atoms with Crippen molar-refractivity contribution >= 4 is 33.8 Å². The number of anilines is 1. The fourth-order valence-electron chi connectivity index (χ4n) is 4.63. The van der Waals surface area contributed by atoms with Crippen molar-refractivity contribution in [1.82, 2.24) is 30.2 Å². The zero-order chi connectivity index (χ0) is 29.5. The zero-order valence-corrected chi connectivity index (χ0v) is 24.2. The van der Waals surface area contributed by atoms with Gasteiger partial charge in [0.25, 0.3) is 0 Å². The lowest BCUT2D eigenvalue weighted by molar-refractivity contribution is 0.691. The number of thiophene rings is 1. The Balaban J connectivity index is 0.00000173. The summed E-state index contributed by atoms with van der Waals surface area (Å²) in [6.07, 6.45) is 15.9. The van der Waals surface area contributed by atoms with Crippen LogP contribution < -0.4 is 11.1 Å². The molecule has 42 heavy (non-hydrogen) atoms. The summed E-state index contributed by atoms with van der Waals surface area (Å²) in [6.45, 7) is 7.59. The number of hydrogen-bond donors (Lipinski definition) is 3. The summed E-state index contributed by atoms with van der Waals surface area (Å²) < 4.78 is 0. The number of aromatic nitrogens is 5. The second-order valence-electron chi connectivity index (χ2n) is 9.80. The van der Waals surface area contributed by atoms with Gasteiger partial charge in [0.1, 0.15) is 22.9 Å². The molecule has 0 aliphatic carbocycles. The van der Waals surface area contributed by atoms with Crippen LogP contribution in [-0.2, 0) is 19.5 Å². The minimum Gasteiger partial charge on any atom is -0.383 e. The number of hydrogen-bond acceptors (Lipinski definition) is 7. The number of nitrogens with one attached hydrogen (secondary N) is 2. The molecule has 0 unspecified atom stereocenters. The highest BCUT2D eigenvalue weighted by Crippen LogP contribution is 2.34. The maximum absolute atomic E-state index is 6.32. The van der Waals surface area contributed by atoms with Crippen molar-refractivity contribution < 1.29 is 0 Å². The van der Waals surface area contributed by atoms with E-state index in [-0.39, 0.29) is 0 Å². The average molecular weight is 570 g/mol. The molecule has 8 heteroatoms. The molecule has 5 aromatic heterocycles. The highest BCUT2D eigenvalue weighted by atomic mass is 32.1. The number of pyridine rings is 3. The third kappa shape index (κ3) is 6.44. The standard InChI is InChI=1S/C32H29N7S.C2H2/c1-20(2)27-8-9-28(40-27)31-30-26(10-11-36-31)38-29(39-30)14-23-13-25(19-37-32(23)33)24-12-22(17-35-18-24)16-34-15-21-6-4-3-5-7-21;1-2/h3-13,17-19,34H,1,14-16H2,2H3,(H2,33,37)(H,38,39);1-2H. The number of nitrogen functional groups attached to an aromatic ring is 1. The van der Waals surface area contributed by atoms with E-state index in [0.717, 1.165) is 73.2 Å². The van der Waals surface area contributed by atoms with E-state index in [9.17, 15) is 0 Å². The van der Waals surface area contributed by atoms with E-state index in [1.165, 1.54) is 5.56 Å². The van der Waals surface area contributed by atoms with Crippen LogP contribution in [0, 0.1) is 12.8 Å². The van der Waals surface area contributed by atoms with Crippen LogP contribution in [0.2, 0.25) is 0 Å². The van der Waals surface area contributed by atoms with Crippen LogP contribution in [0.15, 0.2) is 92.0 Å². The predicted octanol–water partition coefficient (Wildman–Crippen LogP) is 6.89. The molecular formula is C34H31N7S. The van der Waals surface area contributed by atoms with E-state index in [2.05, 4.69) is 93.2 Å². The molecule has 0 fully saturated rings. The number of nitrogens with two attached hydrogens (primary N) is 1. The zero-order valence-electron chi connectivity index (χ0n) is 23.3. The molecule has 0 spiro atoms. The number of terminal acetylenes is 1. The summed E-state index contributed by atoms with van der Waals surface area (Å²) in [7, 11) is 0. The number of rotatable bonds is 9. The minimum atomic E-state index is 0.487. The molecule has 5 heterocycles. The number of imidazole rings is 1. The maximum atomic E-state index is 6.32. The fraction of sp³-hybridized carbons (Fsp3) is 0.118. The lowest BCUT2D eigenvalue weighted by atomic mass is 10.0. The molecule has 0 aliphatic heterocycles. The molecule has 0 aliphatic rings. The van der Waals surface area contributed by atoms with Crippen LogP contribution >= 0.6 is 11.3 Å². The SMILES string of the molecule is C#C.C=C(C)c1ccc(-c2nccc3[nH]c(Cc4cc(-c5cncc(CNCc6ccccc6)c5)cnc4N)nc23)s1. The summed E-state index contributed by atoms with van der Waals surface area (Å²) in [4.78, 5) is 24.2. The van der Waals surface area contributed by atoms with E-state index in [1.807, 2.05) is 37.6 Å². The normalized spacial score (nSPS) is 10.7. The van der Waals surface area contributed by atoms with E-state index in [1.54, 1.807) is 17.5 Å². The second-order valence-corrected chi connectivity index (χ2v) is 10.9. The molecule has 1 aromatic carbocycles. The molecule has 4 N–H and O–H groups in total. The molecule has 6 aromatic rings. The Bertz CT molecular complexity index is 1850. The van der Waals surface area contributed by atoms with Crippen molar-refractivity contribution in [3.8, 4) is 34.5 Å². The monoisotopic (exact) mass is 569 g/mol. The van der Waals surface area contributed by atoms with E-state index in [0.29, 0.717) is 12.2 Å². The first kappa shape index (κ1) is 28.4. The van der Waals surface area contributed by atoms with Gasteiger partial charge in [-0.25, -0.2) is 9.97 Å². The van der Waals surface area contributed by atoms with Crippen molar-refractivity contribution in [2.24, 2.45) is 0 Å². The van der Waals surface area contributed by atoms with Crippen molar-refractivity contribution in [3.05, 3.63) is 119 Å². The average Bonchev–Trinajstić information content (AvgIpc) is 3.68. The van der Waals surface area contributed by atoms with Gasteiger partial charge in [-0.05, 0) is 54.0 Å². The molecule has 0 saturated carbocycles. The summed E-state index contributed by atoms with van der Waals surface area (Å²) >= 11 is 1.67. The Hall–Kier alpha value is -5.10. The quantitative estimate of drug-likeness (QED) is 0.164. The van der Waals surface area contributed by atoms with Crippen LogP contribution in [0.5, 0.6) is 0 Å². The Morgan fingerprint density at radius 1 is 0.952 bits per heavy atom. The second kappa shape index (κ2) is 13.0. The van der Waals surface area contributed by atoms with Gasteiger partial charge in [0, 0.05) is 65.9 Å². The lowest BCUT2D eigenvalue weighted by Gasteiger charge is -2.09. The highest BCUT2D eigenvalue weighted by molar-refractivity contribution is 7.16. The first-order valence-corrected chi connectivity index (χ1v) is 14.2. The Morgan fingerprint density at radius 3 is 2.52 bits per heavy atom. The van der Waals surface area contributed by atoms with Gasteiger partial charge in [0.15, 0.2) is 0 Å². The molecular weight excluding hydrogens is 538 g/mol. The number of allylic oxidation sites excluding steroid dienone is 1. The molecule has 0 radical (unpaired) electrons. The van der Waals surface area contributed by atoms with Gasteiger partial charge in [-0.3, -0.25) is 9.97 Å². The van der Waals surface area contributed by atoms with E-state index < -0.39 is 0 Å². The highest BCUT2D eigenvalue weighted by Gasteiger charge is 2.15. The van der Waals surface area contributed by atoms with E-state index >= 15 is 0 Å². The summed E-state index contributed by atoms with van der Waals surface area (Å²) in [5, 5.41) is 3.49. The van der Waals surface area contributed by atoms with Gasteiger partial charge < -0.3 is 16.0 Å². The van der Waals surface area contributed by atoms with Crippen LogP contribution in [0.1, 0.15) is 34.3 Å². The van der Waals surface area contributed by atoms with Crippen molar-refractivity contribution in [2.75, 3.05) is 5.73 Å². The summed E-state index contributed by atoms with van der Waals surface area (Å²) in [5.41, 5.74) is 15.2. The van der Waals surface area contributed by atoms with Crippen LogP contribution in [0.3, 0.4) is 0 Å². The molecule has 7 nitrogen and oxygen atoms in total. The molecule has 208 valence electrons. The number of fused-ring (bicyclic) bond motifs is 1. The van der Waals surface area contributed by atoms with Crippen LogP contribution in [-0.4, -0.2) is 24.9 Å². The van der Waals surface area contributed by atoms with Gasteiger partial charge in [-0.15, -0.1) is 24.2 Å².